The maximum atomic E-state index is 15.9. The summed E-state index contributed by atoms with van der Waals surface area (Å²) < 4.78 is 75.6. The molecule has 2 aromatic rings. The van der Waals surface area contributed by atoms with Crippen LogP contribution in [0.15, 0.2) is 48.5 Å². The maximum Gasteiger partial charge on any atom is 0.326 e. The second-order valence-corrected chi connectivity index (χ2v) is 12.2. The van der Waals surface area contributed by atoms with E-state index in [-0.39, 0.29) is 36.3 Å². The van der Waals surface area contributed by atoms with Crippen molar-refractivity contribution in [2.24, 2.45) is 0 Å². The van der Waals surface area contributed by atoms with Gasteiger partial charge in [-0.25, -0.2) is 21.8 Å². The Bertz CT molecular complexity index is 1390. The van der Waals surface area contributed by atoms with Gasteiger partial charge in [0.2, 0.25) is 10.0 Å². The van der Waals surface area contributed by atoms with E-state index in [9.17, 15) is 21.6 Å². The number of rotatable bonds is 7. The summed E-state index contributed by atoms with van der Waals surface area (Å²) in [6.07, 6.45) is 2.86. The van der Waals surface area contributed by atoms with Crippen molar-refractivity contribution in [2.45, 2.75) is 24.7 Å². The quantitative estimate of drug-likeness (QED) is 0.611. The Morgan fingerprint density at radius 1 is 1.09 bits per heavy atom. The Kier molecular flexibility index (Phi) is 5.61. The van der Waals surface area contributed by atoms with Crippen LogP contribution < -0.4 is 13.8 Å². The fourth-order valence-electron chi connectivity index (χ4n) is 4.02. The second kappa shape index (κ2) is 8.36. The first-order chi connectivity index (χ1) is 16.2. The molecule has 3 aliphatic rings. The molecule has 0 radical (unpaired) electrons. The van der Waals surface area contributed by atoms with Crippen molar-refractivity contribution >= 4 is 37.4 Å². The molecule has 12 heteroatoms. The highest BCUT2D eigenvalue weighted by Crippen LogP contribution is 2.40. The van der Waals surface area contributed by atoms with E-state index in [0.717, 1.165) is 5.56 Å². The molecule has 180 valence electrons. The zero-order chi connectivity index (χ0) is 24.1. The summed E-state index contributed by atoms with van der Waals surface area (Å²) in [5.74, 6) is -1.74. The van der Waals surface area contributed by atoms with Crippen LogP contribution in [-0.2, 0) is 31.6 Å². The summed E-state index contributed by atoms with van der Waals surface area (Å²) in [6.45, 7) is -0.426. The number of nitrogens with one attached hydrogen (secondary N) is 1. The molecule has 34 heavy (non-hydrogen) atoms. The van der Waals surface area contributed by atoms with Crippen LogP contribution in [0.4, 0.5) is 10.1 Å². The molecular weight excluding hydrogens is 485 g/mol. The van der Waals surface area contributed by atoms with Crippen molar-refractivity contribution in [3.05, 3.63) is 65.5 Å². The lowest BCUT2D eigenvalue weighted by Gasteiger charge is -2.22. The maximum absolute atomic E-state index is 15.9. The first kappa shape index (κ1) is 22.8. The fourth-order valence-corrected chi connectivity index (χ4v) is 6.94. The van der Waals surface area contributed by atoms with Gasteiger partial charge >= 0.3 is 10.2 Å². The molecule has 0 bridgehead atoms. The van der Waals surface area contributed by atoms with Gasteiger partial charge in [-0.3, -0.25) is 4.79 Å². The lowest BCUT2D eigenvalue weighted by Crippen LogP contribution is -2.32. The van der Waals surface area contributed by atoms with Crippen LogP contribution in [0.3, 0.4) is 0 Å². The lowest BCUT2D eigenvalue weighted by atomic mass is 10.0. The highest BCUT2D eigenvalue weighted by atomic mass is 32.2. The van der Waals surface area contributed by atoms with E-state index >= 15 is 4.39 Å². The average molecular weight is 508 g/mol. The minimum absolute atomic E-state index is 0.0106. The van der Waals surface area contributed by atoms with Crippen LogP contribution in [0.2, 0.25) is 0 Å². The molecule has 1 aliphatic carbocycles. The smallest absolute Gasteiger partial charge is 0.326 e. The normalized spacial score (nSPS) is 20.3. The molecule has 0 unspecified atom stereocenters. The zero-order valence-electron chi connectivity index (χ0n) is 18.0. The highest BCUT2D eigenvalue weighted by Gasteiger charge is 2.42. The Morgan fingerprint density at radius 3 is 2.47 bits per heavy atom. The van der Waals surface area contributed by atoms with Gasteiger partial charge in [-0.2, -0.15) is 12.7 Å². The van der Waals surface area contributed by atoms with Crippen molar-refractivity contribution in [3.8, 4) is 5.75 Å². The largest absolute Gasteiger partial charge is 0.487 e. The standard InChI is InChI=1S/C22H22FN3O6S2/c23-21-18(16-10-11-25(12-16)33(28,29)17-6-7-17)8-9-19(32-14-15-4-2-1-3-5-15)22(21)26-13-20(27)24-34(26,30)31/h1-5,8-10,17H,6-7,11-14H2,(H,24,27). The number of hydrogen-bond donors (Lipinski definition) is 1. The van der Waals surface area contributed by atoms with Gasteiger partial charge in [-0.15, -0.1) is 0 Å². The molecule has 2 heterocycles. The topological polar surface area (TPSA) is 113 Å². The second-order valence-electron chi connectivity index (χ2n) is 8.35. The third-order valence-corrected chi connectivity index (χ3v) is 9.61. The van der Waals surface area contributed by atoms with Gasteiger partial charge in [-0.1, -0.05) is 36.4 Å². The first-order valence-corrected chi connectivity index (χ1v) is 13.6. The molecule has 2 aliphatic heterocycles. The van der Waals surface area contributed by atoms with Gasteiger partial charge in [-0.05, 0) is 36.1 Å². The van der Waals surface area contributed by atoms with Crippen LogP contribution >= 0.6 is 0 Å². The number of sulfonamides is 1. The minimum atomic E-state index is -4.31. The van der Waals surface area contributed by atoms with E-state index in [4.69, 9.17) is 4.74 Å². The number of nitrogens with zero attached hydrogens (tertiary/aromatic N) is 2. The van der Waals surface area contributed by atoms with Crippen LogP contribution in [0.1, 0.15) is 24.0 Å². The summed E-state index contributed by atoms with van der Waals surface area (Å²) >= 11 is 0. The average Bonchev–Trinajstić information content (AvgIpc) is 3.48. The monoisotopic (exact) mass is 507 g/mol. The molecule has 5 rings (SSSR count). The van der Waals surface area contributed by atoms with E-state index in [1.54, 1.807) is 18.2 Å². The van der Waals surface area contributed by atoms with Crippen molar-refractivity contribution in [1.82, 2.24) is 9.03 Å². The Morgan fingerprint density at radius 2 is 1.82 bits per heavy atom. The van der Waals surface area contributed by atoms with Gasteiger partial charge in [0, 0.05) is 18.7 Å². The number of amides is 1. The molecule has 0 atom stereocenters. The number of ether oxygens (including phenoxy) is 1. The predicted molar refractivity (Wildman–Crippen MR) is 123 cm³/mol. The number of benzene rings is 2. The summed E-state index contributed by atoms with van der Waals surface area (Å²) in [5, 5.41) is -0.388. The van der Waals surface area contributed by atoms with Crippen molar-refractivity contribution in [2.75, 3.05) is 23.9 Å². The van der Waals surface area contributed by atoms with Crippen molar-refractivity contribution in [1.29, 1.82) is 0 Å². The van der Waals surface area contributed by atoms with Gasteiger partial charge in [0.1, 0.15) is 24.6 Å². The molecule has 1 N–H and O–H groups in total. The third kappa shape index (κ3) is 4.17. The van der Waals surface area contributed by atoms with Crippen LogP contribution in [0, 0.1) is 5.82 Å². The minimum Gasteiger partial charge on any atom is -0.487 e. The summed E-state index contributed by atoms with van der Waals surface area (Å²) in [7, 11) is -7.75. The number of hydrogen-bond acceptors (Lipinski definition) is 6. The molecule has 1 saturated heterocycles. The summed E-state index contributed by atoms with van der Waals surface area (Å²) in [5.41, 5.74) is 0.880. The number of carbonyl (C=O) groups is 1. The molecule has 1 amide bonds. The predicted octanol–water partition coefficient (Wildman–Crippen LogP) is 1.78. The third-order valence-electron chi connectivity index (χ3n) is 5.93. The van der Waals surface area contributed by atoms with Gasteiger partial charge in [0.15, 0.2) is 5.82 Å². The van der Waals surface area contributed by atoms with E-state index in [1.165, 1.54) is 16.4 Å². The lowest BCUT2D eigenvalue weighted by molar-refractivity contribution is -0.117. The zero-order valence-corrected chi connectivity index (χ0v) is 19.6. The van der Waals surface area contributed by atoms with Gasteiger partial charge in [0.05, 0.1) is 5.25 Å². The van der Waals surface area contributed by atoms with Crippen LogP contribution in [-0.4, -0.2) is 51.9 Å². The SMILES string of the molecule is O=C1CN(c2c(OCc3ccccc3)ccc(C3=CCN(S(=O)(=O)C4CC4)C3)c2F)S(=O)(=O)N1. The molecule has 1 saturated carbocycles. The van der Waals surface area contributed by atoms with Gasteiger partial charge < -0.3 is 4.74 Å². The number of halogens is 1. The van der Waals surface area contributed by atoms with Crippen LogP contribution in [0.25, 0.3) is 5.57 Å². The highest BCUT2D eigenvalue weighted by molar-refractivity contribution is 7.92. The Hall–Kier alpha value is -2.96. The molecule has 9 nitrogen and oxygen atoms in total. The van der Waals surface area contributed by atoms with Crippen molar-refractivity contribution < 1.29 is 30.8 Å². The Balaban J connectivity index is 1.50. The molecular formula is C22H22FN3O6S2. The van der Waals surface area contributed by atoms with E-state index < -0.39 is 44.2 Å². The van der Waals surface area contributed by atoms with E-state index in [1.807, 2.05) is 22.9 Å². The number of carbonyl (C=O) groups excluding carboxylic acids is 1. The van der Waals surface area contributed by atoms with Gasteiger partial charge in [0.25, 0.3) is 5.91 Å². The fraction of sp³-hybridized carbons (Fsp3) is 0.318. The number of anilines is 1. The molecule has 0 aromatic heterocycles. The van der Waals surface area contributed by atoms with Crippen LogP contribution in [0.5, 0.6) is 5.75 Å². The van der Waals surface area contributed by atoms with Crippen molar-refractivity contribution in [3.63, 3.8) is 0 Å². The molecule has 0 spiro atoms. The van der Waals surface area contributed by atoms with E-state index in [0.29, 0.717) is 22.7 Å². The molecule has 2 fully saturated rings. The summed E-state index contributed by atoms with van der Waals surface area (Å²) in [4.78, 5) is 11.8. The van der Waals surface area contributed by atoms with E-state index in [2.05, 4.69) is 0 Å². The molecule has 2 aromatic carbocycles. The Labute approximate surface area is 197 Å². The first-order valence-electron chi connectivity index (χ1n) is 10.7. The summed E-state index contributed by atoms with van der Waals surface area (Å²) in [6, 6.07) is 11.9.